The zero-order valence-electron chi connectivity index (χ0n) is 6.16. The van der Waals surface area contributed by atoms with Crippen LogP contribution in [0, 0.1) is 12.1 Å². The van der Waals surface area contributed by atoms with Crippen molar-refractivity contribution in [3.05, 3.63) is 0 Å². The second-order valence-corrected chi connectivity index (χ2v) is 1.67. The minimum Gasteiger partial charge on any atom is -0.447 e. The molecule has 0 fully saturated rings. The van der Waals surface area contributed by atoms with Crippen LogP contribution in [0.3, 0.4) is 0 Å². The number of hydrogen-bond donors (Lipinski definition) is 1. The van der Waals surface area contributed by atoms with Crippen LogP contribution < -0.4 is 5.32 Å². The molecule has 0 spiro atoms. The number of carbonyl (C=O) groups excluding carboxylic acids is 1. The highest BCUT2D eigenvalue weighted by Crippen LogP contribution is 2.09. The third-order valence-corrected chi connectivity index (χ3v) is 0.913. The molecule has 0 aromatic heterocycles. The van der Waals surface area contributed by atoms with E-state index in [1.807, 2.05) is 0 Å². The summed E-state index contributed by atoms with van der Waals surface area (Å²) in [6.07, 6.45) is 0.900. The summed E-state index contributed by atoms with van der Waals surface area (Å²) < 4.78 is 39.4. The van der Waals surface area contributed by atoms with Crippen LogP contribution in [0.4, 0.5) is 13.2 Å². The lowest BCUT2D eigenvalue weighted by atomic mass is 10.5. The van der Waals surface area contributed by atoms with Crippen molar-refractivity contribution in [3.8, 4) is 12.1 Å². The largest absolute Gasteiger partial charge is 0.447 e. The van der Waals surface area contributed by atoms with E-state index in [-0.39, 0.29) is 0 Å². The first kappa shape index (κ1) is 10.8. The van der Waals surface area contributed by atoms with Gasteiger partial charge in [0.15, 0.2) is 6.61 Å². The third-order valence-electron chi connectivity index (χ3n) is 0.913. The molecule has 68 valence electrons. The summed E-state index contributed by atoms with van der Waals surface area (Å²) in [6.45, 7) is -0.688. The van der Waals surface area contributed by atoms with Crippen molar-refractivity contribution in [3.63, 3.8) is 0 Å². The molecule has 1 N–H and O–H groups in total. The first-order valence-corrected chi connectivity index (χ1v) is 2.87. The molecule has 0 heterocycles. The molecule has 0 saturated heterocycles. The Bertz CT molecular complexity index is 219. The first-order chi connectivity index (χ1) is 5.54. The smallest absolute Gasteiger partial charge is 0.399 e. The molecule has 0 atom stereocenters. The Kier molecular flexibility index (Phi) is 4.15. The first-order valence-electron chi connectivity index (χ1n) is 2.87. The quantitative estimate of drug-likeness (QED) is 0.386. The van der Waals surface area contributed by atoms with Crippen LogP contribution in [-0.4, -0.2) is 25.7 Å². The Morgan fingerprint density at radius 1 is 1.67 bits per heavy atom. The molecule has 0 radical (unpaired) electrons. The molecule has 0 bridgehead atoms. The van der Waals surface area contributed by atoms with Gasteiger partial charge < -0.3 is 4.74 Å². The number of hydrogen-bond acceptors (Lipinski definition) is 3. The van der Waals surface area contributed by atoms with E-state index in [4.69, 9.17) is 0 Å². The SMILES string of the molecule is CNC(F)(F)C(=O)OCC#CF. The van der Waals surface area contributed by atoms with Gasteiger partial charge in [0.25, 0.3) is 0 Å². The number of esters is 1. The Balaban J connectivity index is 3.93. The van der Waals surface area contributed by atoms with Gasteiger partial charge in [0, 0.05) is 0 Å². The average Bonchev–Trinajstić information content (AvgIpc) is 2.05. The fourth-order valence-corrected chi connectivity index (χ4v) is 0.322. The van der Waals surface area contributed by atoms with Gasteiger partial charge in [0.2, 0.25) is 0 Å². The van der Waals surface area contributed by atoms with E-state index in [9.17, 15) is 18.0 Å². The number of rotatable bonds is 3. The maximum atomic E-state index is 12.2. The molecule has 0 saturated carbocycles. The van der Waals surface area contributed by atoms with E-state index in [0.717, 1.165) is 13.2 Å². The molecule has 0 aromatic rings. The molecular formula is C6H6F3NO2. The van der Waals surface area contributed by atoms with Gasteiger partial charge in [-0.1, -0.05) is 0 Å². The lowest BCUT2D eigenvalue weighted by molar-refractivity contribution is -0.174. The average molecular weight is 181 g/mol. The van der Waals surface area contributed by atoms with Crippen molar-refractivity contribution in [1.82, 2.24) is 5.32 Å². The molecule has 6 heteroatoms. The van der Waals surface area contributed by atoms with Gasteiger partial charge in [-0.3, -0.25) is 5.32 Å². The van der Waals surface area contributed by atoms with Gasteiger partial charge >= 0.3 is 12.0 Å². The minimum atomic E-state index is -3.75. The van der Waals surface area contributed by atoms with E-state index >= 15 is 0 Å². The monoisotopic (exact) mass is 181 g/mol. The molecular weight excluding hydrogens is 175 g/mol. The van der Waals surface area contributed by atoms with E-state index in [1.54, 1.807) is 5.92 Å². The van der Waals surface area contributed by atoms with E-state index in [1.165, 1.54) is 5.32 Å². The summed E-state index contributed by atoms with van der Waals surface area (Å²) >= 11 is 0. The van der Waals surface area contributed by atoms with Gasteiger partial charge in [0.1, 0.15) is 6.17 Å². The molecule has 0 aliphatic rings. The third kappa shape index (κ3) is 3.25. The maximum absolute atomic E-state index is 12.2. The van der Waals surface area contributed by atoms with Crippen LogP contribution >= 0.6 is 0 Å². The molecule has 3 nitrogen and oxygen atoms in total. The highest BCUT2D eigenvalue weighted by atomic mass is 19.3. The number of carbonyl (C=O) groups is 1. The summed E-state index contributed by atoms with van der Waals surface area (Å²) in [5, 5.41) is 1.42. The van der Waals surface area contributed by atoms with E-state index in [0.29, 0.717) is 0 Å². The van der Waals surface area contributed by atoms with Gasteiger partial charge in [-0.15, -0.1) is 4.39 Å². The molecule has 0 aromatic carbocycles. The fourth-order valence-electron chi connectivity index (χ4n) is 0.322. The number of likely N-dealkylation sites (N-methyl/N-ethyl adjacent to an activating group) is 1. The number of ether oxygens (including phenoxy) is 1. The van der Waals surface area contributed by atoms with Gasteiger partial charge in [-0.25, -0.2) is 4.79 Å². The topological polar surface area (TPSA) is 38.3 Å². The summed E-state index contributed by atoms with van der Waals surface area (Å²) in [5.41, 5.74) is 0. The van der Waals surface area contributed by atoms with Gasteiger partial charge in [-0.2, -0.15) is 8.78 Å². The van der Waals surface area contributed by atoms with Crippen LogP contribution in [0.5, 0.6) is 0 Å². The lowest BCUT2D eigenvalue weighted by Crippen LogP contribution is -2.43. The van der Waals surface area contributed by atoms with Crippen molar-refractivity contribution in [2.24, 2.45) is 0 Å². The van der Waals surface area contributed by atoms with Crippen molar-refractivity contribution in [2.45, 2.75) is 6.05 Å². The number of alkyl halides is 2. The molecule has 12 heavy (non-hydrogen) atoms. The second kappa shape index (κ2) is 4.62. The van der Waals surface area contributed by atoms with E-state index < -0.39 is 18.6 Å². The number of nitrogens with one attached hydrogen (secondary N) is 1. The van der Waals surface area contributed by atoms with Crippen molar-refractivity contribution in [2.75, 3.05) is 13.7 Å². The van der Waals surface area contributed by atoms with Crippen molar-refractivity contribution >= 4 is 5.97 Å². The van der Waals surface area contributed by atoms with Crippen LogP contribution in [0.1, 0.15) is 0 Å². The highest BCUT2D eigenvalue weighted by Gasteiger charge is 2.38. The number of halogens is 3. The maximum Gasteiger partial charge on any atom is 0.399 e. The predicted octanol–water partition coefficient (Wildman–Crippen LogP) is 0.272. The Morgan fingerprint density at radius 2 is 2.25 bits per heavy atom. The van der Waals surface area contributed by atoms with E-state index in [2.05, 4.69) is 4.74 Å². The minimum absolute atomic E-state index is 0.688. The molecule has 0 unspecified atom stereocenters. The highest BCUT2D eigenvalue weighted by molar-refractivity contribution is 5.77. The summed E-state index contributed by atoms with van der Waals surface area (Å²) in [4.78, 5) is 10.3. The molecule has 0 rings (SSSR count). The predicted molar refractivity (Wildman–Crippen MR) is 33.8 cm³/mol. The second-order valence-electron chi connectivity index (χ2n) is 1.67. The lowest BCUT2D eigenvalue weighted by Gasteiger charge is -2.11. The molecule has 0 amide bonds. The van der Waals surface area contributed by atoms with Crippen LogP contribution in [0.2, 0.25) is 0 Å². The summed E-state index contributed by atoms with van der Waals surface area (Å²) in [6, 6.07) is -3.75. The van der Waals surface area contributed by atoms with Crippen LogP contribution in [0.15, 0.2) is 0 Å². The Labute approximate surface area is 66.9 Å². The standard InChI is InChI=1S/C6H6F3NO2/c1-10-6(8,9)5(11)12-4-2-3-7/h10H,4H2,1H3. The molecule has 0 aliphatic heterocycles. The summed E-state index contributed by atoms with van der Waals surface area (Å²) in [7, 11) is 0.891. The molecule has 0 aliphatic carbocycles. The zero-order valence-corrected chi connectivity index (χ0v) is 6.16. The summed E-state index contributed by atoms with van der Waals surface area (Å²) in [5.74, 6) is -0.130. The normalized spacial score (nSPS) is 10.0. The van der Waals surface area contributed by atoms with Gasteiger partial charge in [0.05, 0.1) is 0 Å². The zero-order chi connectivity index (χ0) is 9.61. The van der Waals surface area contributed by atoms with Gasteiger partial charge in [-0.05, 0) is 13.0 Å². The Morgan fingerprint density at radius 3 is 2.67 bits per heavy atom. The van der Waals surface area contributed by atoms with Crippen LogP contribution in [0.25, 0.3) is 0 Å². The Hall–Kier alpha value is -1.22. The fraction of sp³-hybridized carbons (Fsp3) is 0.500. The van der Waals surface area contributed by atoms with Crippen LogP contribution in [-0.2, 0) is 9.53 Å². The van der Waals surface area contributed by atoms with Crippen molar-refractivity contribution in [1.29, 1.82) is 0 Å². The van der Waals surface area contributed by atoms with Crippen molar-refractivity contribution < 1.29 is 22.7 Å².